The second-order valence-electron chi connectivity index (χ2n) is 7.99. The number of para-hydroxylation sites is 1. The molecule has 0 atom stereocenters. The van der Waals surface area contributed by atoms with E-state index in [9.17, 15) is 14.9 Å². The number of hydrogen-bond acceptors (Lipinski definition) is 8. The molecule has 0 bridgehead atoms. The molecule has 1 heterocycles. The van der Waals surface area contributed by atoms with Gasteiger partial charge in [-0.15, -0.1) is 16.8 Å². The van der Waals surface area contributed by atoms with Crippen molar-refractivity contribution in [3.05, 3.63) is 101 Å². The van der Waals surface area contributed by atoms with Gasteiger partial charge in [0.25, 0.3) is 11.6 Å². The number of aromatic nitrogens is 3. The molecule has 1 N–H and O–H groups in total. The molecule has 0 aliphatic rings. The number of allylic oxidation sites excluding steroid dienone is 1. The molecule has 11 heteroatoms. The van der Waals surface area contributed by atoms with Gasteiger partial charge in [0, 0.05) is 35.7 Å². The quantitative estimate of drug-likeness (QED) is 0.115. The first kappa shape index (κ1) is 26.4. The van der Waals surface area contributed by atoms with Crippen LogP contribution in [-0.2, 0) is 12.3 Å². The average Bonchev–Trinajstić information content (AvgIpc) is 3.34. The van der Waals surface area contributed by atoms with Crippen molar-refractivity contribution < 1.29 is 19.2 Å². The first-order chi connectivity index (χ1) is 18.4. The number of rotatable bonds is 11. The molecule has 0 unspecified atom stereocenters. The minimum Gasteiger partial charge on any atom is -0.493 e. The molecule has 0 saturated carbocycles. The smallest absolute Gasteiger partial charge is 0.280 e. The normalized spacial score (nSPS) is 10.6. The zero-order valence-corrected chi connectivity index (χ0v) is 21.6. The van der Waals surface area contributed by atoms with Gasteiger partial charge in [0.2, 0.25) is 0 Å². The molecule has 194 valence electrons. The first-order valence-electron chi connectivity index (χ1n) is 11.5. The Bertz CT molecular complexity index is 1470. The number of anilines is 1. The van der Waals surface area contributed by atoms with Crippen LogP contribution in [0.3, 0.4) is 0 Å². The minimum atomic E-state index is -0.433. The molecule has 10 nitrogen and oxygen atoms in total. The second kappa shape index (κ2) is 12.1. The van der Waals surface area contributed by atoms with Crippen LogP contribution in [0.5, 0.6) is 11.5 Å². The monoisotopic (exact) mass is 531 g/mol. The van der Waals surface area contributed by atoms with E-state index in [1.165, 1.54) is 24.9 Å². The summed E-state index contributed by atoms with van der Waals surface area (Å²) < 4.78 is 12.3. The number of nitro benzene ring substituents is 1. The van der Waals surface area contributed by atoms with Crippen LogP contribution in [0.15, 0.2) is 84.5 Å². The van der Waals surface area contributed by atoms with Crippen molar-refractivity contribution >= 4 is 29.0 Å². The molecule has 0 aliphatic heterocycles. The van der Waals surface area contributed by atoms with E-state index in [-0.39, 0.29) is 11.6 Å². The molecule has 0 fully saturated rings. The highest BCUT2D eigenvalue weighted by Gasteiger charge is 2.21. The maximum atomic E-state index is 12.7. The standard InChI is InChI=1S/C27H25N5O5S/c1-4-15-31-25(21-7-5-6-8-22(21)32(34)35)29-30-27(31)38-17-18-9-11-19(12-10-18)26(33)28-20-13-14-23(36-2)24(16-20)37-3/h4-14,16H,1,15,17H2,2-3H3,(H,28,33). The third kappa shape index (κ3) is 5.84. The molecule has 0 radical (unpaired) electrons. The fraction of sp³-hybridized carbons (Fsp3) is 0.148. The van der Waals surface area contributed by atoms with Crippen molar-refractivity contribution in [2.75, 3.05) is 19.5 Å². The topological polar surface area (TPSA) is 121 Å². The number of thioether (sulfide) groups is 1. The Morgan fingerprint density at radius 1 is 1.08 bits per heavy atom. The van der Waals surface area contributed by atoms with Gasteiger partial charge >= 0.3 is 0 Å². The molecule has 0 aliphatic carbocycles. The summed E-state index contributed by atoms with van der Waals surface area (Å²) in [6, 6.07) is 18.8. The van der Waals surface area contributed by atoms with Crippen molar-refractivity contribution in [1.29, 1.82) is 0 Å². The Morgan fingerprint density at radius 2 is 1.82 bits per heavy atom. The number of nitrogens with zero attached hydrogens (tertiary/aromatic N) is 4. The van der Waals surface area contributed by atoms with Crippen LogP contribution in [0.2, 0.25) is 0 Å². The van der Waals surface area contributed by atoms with E-state index in [1.54, 1.807) is 66.3 Å². The highest BCUT2D eigenvalue weighted by Crippen LogP contribution is 2.32. The van der Waals surface area contributed by atoms with Crippen LogP contribution in [0, 0.1) is 10.1 Å². The summed E-state index contributed by atoms with van der Waals surface area (Å²) in [5.41, 5.74) is 2.41. The maximum Gasteiger partial charge on any atom is 0.280 e. The maximum absolute atomic E-state index is 12.7. The lowest BCUT2D eigenvalue weighted by Crippen LogP contribution is -2.12. The lowest BCUT2D eigenvalue weighted by Gasteiger charge is -2.11. The van der Waals surface area contributed by atoms with Gasteiger partial charge in [0.1, 0.15) is 0 Å². The van der Waals surface area contributed by atoms with Crippen molar-refractivity contribution in [2.24, 2.45) is 0 Å². The Morgan fingerprint density at radius 3 is 2.50 bits per heavy atom. The molecule has 0 saturated heterocycles. The lowest BCUT2D eigenvalue weighted by atomic mass is 10.1. The Labute approximate surface area is 223 Å². The molecule has 1 amide bonds. The van der Waals surface area contributed by atoms with Crippen LogP contribution in [0.1, 0.15) is 15.9 Å². The molecule has 3 aromatic carbocycles. The van der Waals surface area contributed by atoms with Gasteiger partial charge in [-0.05, 0) is 35.9 Å². The average molecular weight is 532 g/mol. The number of nitro groups is 1. The zero-order valence-electron chi connectivity index (χ0n) is 20.8. The van der Waals surface area contributed by atoms with Crippen LogP contribution in [-0.4, -0.2) is 39.8 Å². The van der Waals surface area contributed by atoms with E-state index in [0.29, 0.717) is 51.6 Å². The summed E-state index contributed by atoms with van der Waals surface area (Å²) in [6.45, 7) is 4.19. The van der Waals surface area contributed by atoms with Crippen LogP contribution in [0.4, 0.5) is 11.4 Å². The SMILES string of the molecule is C=CCn1c(SCc2ccc(C(=O)Nc3ccc(OC)c(OC)c3)cc2)nnc1-c1ccccc1[N+](=O)[O-]. The van der Waals surface area contributed by atoms with Crippen LogP contribution >= 0.6 is 11.8 Å². The molecular formula is C27H25N5O5S. The molecule has 38 heavy (non-hydrogen) atoms. The van der Waals surface area contributed by atoms with E-state index in [4.69, 9.17) is 9.47 Å². The van der Waals surface area contributed by atoms with E-state index in [1.807, 2.05) is 12.1 Å². The van der Waals surface area contributed by atoms with Gasteiger partial charge < -0.3 is 14.8 Å². The largest absolute Gasteiger partial charge is 0.493 e. The molecule has 4 aromatic rings. The van der Waals surface area contributed by atoms with E-state index in [0.717, 1.165) is 5.56 Å². The third-order valence-electron chi connectivity index (χ3n) is 5.60. The van der Waals surface area contributed by atoms with Crippen molar-refractivity contribution in [3.8, 4) is 22.9 Å². The molecular weight excluding hydrogens is 506 g/mol. The zero-order chi connectivity index (χ0) is 27.1. The second-order valence-corrected chi connectivity index (χ2v) is 8.93. The first-order valence-corrected chi connectivity index (χ1v) is 12.5. The van der Waals surface area contributed by atoms with Crippen molar-refractivity contribution in [3.63, 3.8) is 0 Å². The summed E-state index contributed by atoms with van der Waals surface area (Å²) >= 11 is 1.44. The van der Waals surface area contributed by atoms with Gasteiger partial charge in [0.15, 0.2) is 22.5 Å². The summed E-state index contributed by atoms with van der Waals surface area (Å²) in [7, 11) is 3.08. The van der Waals surface area contributed by atoms with Gasteiger partial charge in [0.05, 0.1) is 24.7 Å². The van der Waals surface area contributed by atoms with E-state index in [2.05, 4.69) is 22.1 Å². The minimum absolute atomic E-state index is 0.0382. The van der Waals surface area contributed by atoms with E-state index < -0.39 is 4.92 Å². The number of benzene rings is 3. The molecule has 1 aromatic heterocycles. The Hall–Kier alpha value is -4.64. The molecule has 4 rings (SSSR count). The number of nitrogens with one attached hydrogen (secondary N) is 1. The predicted octanol–water partition coefficient (Wildman–Crippen LogP) is 5.60. The number of methoxy groups -OCH3 is 2. The number of ether oxygens (including phenoxy) is 2. The summed E-state index contributed by atoms with van der Waals surface area (Å²) in [5.74, 6) is 1.81. The fourth-order valence-electron chi connectivity index (χ4n) is 3.73. The fourth-order valence-corrected chi connectivity index (χ4v) is 4.63. The van der Waals surface area contributed by atoms with Crippen molar-refractivity contribution in [2.45, 2.75) is 17.5 Å². The van der Waals surface area contributed by atoms with Crippen LogP contribution < -0.4 is 14.8 Å². The lowest BCUT2D eigenvalue weighted by molar-refractivity contribution is -0.384. The molecule has 0 spiro atoms. The van der Waals surface area contributed by atoms with E-state index >= 15 is 0 Å². The highest BCUT2D eigenvalue weighted by atomic mass is 32.2. The van der Waals surface area contributed by atoms with Gasteiger partial charge in [-0.1, -0.05) is 42.1 Å². The highest BCUT2D eigenvalue weighted by molar-refractivity contribution is 7.98. The van der Waals surface area contributed by atoms with Crippen LogP contribution in [0.25, 0.3) is 11.4 Å². The van der Waals surface area contributed by atoms with Gasteiger partial charge in [-0.2, -0.15) is 0 Å². The number of amides is 1. The summed E-state index contributed by atoms with van der Waals surface area (Å²) in [6.07, 6.45) is 1.69. The number of carbonyl (C=O) groups excluding carboxylic acids is 1. The number of hydrogen-bond donors (Lipinski definition) is 1. The van der Waals surface area contributed by atoms with Crippen molar-refractivity contribution in [1.82, 2.24) is 14.8 Å². The summed E-state index contributed by atoms with van der Waals surface area (Å²) in [5, 5.41) is 23.5. The third-order valence-corrected chi connectivity index (χ3v) is 6.63. The van der Waals surface area contributed by atoms with Gasteiger partial charge in [-0.3, -0.25) is 19.5 Å². The summed E-state index contributed by atoms with van der Waals surface area (Å²) in [4.78, 5) is 23.8. The Balaban J connectivity index is 1.46. The predicted molar refractivity (Wildman–Crippen MR) is 146 cm³/mol. The Kier molecular flexibility index (Phi) is 8.39. The van der Waals surface area contributed by atoms with Gasteiger partial charge in [-0.25, -0.2) is 0 Å². The number of carbonyl (C=O) groups is 1.